The molecule has 0 unspecified atom stereocenters. The normalized spacial score (nSPS) is 18.2. The maximum atomic E-state index is 14.4. The lowest BCUT2D eigenvalue weighted by atomic mass is 10.0. The standard InChI is InChI=1S/C24H22F4O5/c1-2-3-4-16-14-30-23(31-15-16)18-6-5-17(21(25)13-18)7-12-22(29)32-19-8-10-20(11-9-19)33-24(26,27)28/h5-6,8-11,13,16,23H,2-4,14-15H2,1H3. The van der Waals surface area contributed by atoms with Crippen LogP contribution in [0.15, 0.2) is 42.5 Å². The van der Waals surface area contributed by atoms with Crippen LogP contribution in [0.25, 0.3) is 0 Å². The largest absolute Gasteiger partial charge is 0.573 e. The molecule has 0 amide bonds. The van der Waals surface area contributed by atoms with Gasteiger partial charge in [0.2, 0.25) is 0 Å². The topological polar surface area (TPSA) is 54.0 Å². The lowest BCUT2D eigenvalue weighted by Gasteiger charge is -2.29. The average Bonchev–Trinajstić information content (AvgIpc) is 2.77. The highest BCUT2D eigenvalue weighted by Crippen LogP contribution is 2.28. The van der Waals surface area contributed by atoms with Gasteiger partial charge in [0.05, 0.1) is 18.8 Å². The highest BCUT2D eigenvalue weighted by Gasteiger charge is 2.31. The van der Waals surface area contributed by atoms with Gasteiger partial charge in [-0.05, 0) is 42.8 Å². The zero-order valence-corrected chi connectivity index (χ0v) is 17.8. The Morgan fingerprint density at radius 2 is 1.76 bits per heavy atom. The molecule has 0 spiro atoms. The number of hydrogen-bond donors (Lipinski definition) is 0. The summed E-state index contributed by atoms with van der Waals surface area (Å²) in [6, 6.07) is 8.47. The number of carbonyl (C=O) groups is 1. The fourth-order valence-corrected chi connectivity index (χ4v) is 3.13. The molecule has 1 heterocycles. The third kappa shape index (κ3) is 7.77. The summed E-state index contributed by atoms with van der Waals surface area (Å²) in [4.78, 5) is 11.9. The minimum atomic E-state index is -4.82. The van der Waals surface area contributed by atoms with E-state index in [1.165, 1.54) is 12.1 Å². The van der Waals surface area contributed by atoms with Crippen LogP contribution in [0.5, 0.6) is 11.5 Å². The molecule has 0 N–H and O–H groups in total. The van der Waals surface area contributed by atoms with Gasteiger partial charge in [0, 0.05) is 17.4 Å². The van der Waals surface area contributed by atoms with E-state index in [4.69, 9.17) is 14.2 Å². The molecular weight excluding hydrogens is 444 g/mol. The van der Waals surface area contributed by atoms with Gasteiger partial charge >= 0.3 is 12.3 Å². The van der Waals surface area contributed by atoms with E-state index in [1.807, 2.05) is 0 Å². The van der Waals surface area contributed by atoms with Gasteiger partial charge in [-0.3, -0.25) is 0 Å². The van der Waals surface area contributed by atoms with E-state index >= 15 is 0 Å². The minimum absolute atomic E-state index is 0.0266. The van der Waals surface area contributed by atoms with Gasteiger partial charge in [-0.2, -0.15) is 0 Å². The van der Waals surface area contributed by atoms with Gasteiger partial charge in [-0.1, -0.05) is 31.8 Å². The number of alkyl halides is 3. The second-order valence-corrected chi connectivity index (χ2v) is 7.40. The highest BCUT2D eigenvalue weighted by molar-refractivity contribution is 5.90. The molecule has 1 aliphatic rings. The summed E-state index contributed by atoms with van der Waals surface area (Å²) in [5, 5.41) is 0. The van der Waals surface area contributed by atoms with E-state index < -0.39 is 30.2 Å². The molecule has 0 aromatic heterocycles. The number of hydrogen-bond acceptors (Lipinski definition) is 5. The first-order chi connectivity index (χ1) is 15.7. The molecule has 2 aromatic carbocycles. The number of benzene rings is 2. The first kappa shape index (κ1) is 24.6. The Balaban J connectivity index is 1.55. The quantitative estimate of drug-likeness (QED) is 0.242. The summed E-state index contributed by atoms with van der Waals surface area (Å²) in [6.07, 6.45) is -2.26. The van der Waals surface area contributed by atoms with E-state index in [2.05, 4.69) is 23.5 Å². The molecule has 0 atom stereocenters. The van der Waals surface area contributed by atoms with Crippen molar-refractivity contribution in [2.75, 3.05) is 13.2 Å². The van der Waals surface area contributed by atoms with Crippen LogP contribution < -0.4 is 9.47 Å². The number of ether oxygens (including phenoxy) is 4. The Hall–Kier alpha value is -3.09. The number of halogens is 4. The zero-order valence-electron chi connectivity index (χ0n) is 17.8. The van der Waals surface area contributed by atoms with Crippen LogP contribution >= 0.6 is 0 Å². The third-order valence-corrected chi connectivity index (χ3v) is 4.76. The van der Waals surface area contributed by atoms with Crippen LogP contribution in [0, 0.1) is 23.6 Å². The van der Waals surface area contributed by atoms with Crippen LogP contribution in [0.2, 0.25) is 0 Å². The van der Waals surface area contributed by atoms with Gasteiger partial charge in [0.15, 0.2) is 6.29 Å². The number of carbonyl (C=O) groups excluding carboxylic acids is 1. The van der Waals surface area contributed by atoms with E-state index in [1.54, 1.807) is 6.07 Å². The molecule has 3 rings (SSSR count). The average molecular weight is 466 g/mol. The van der Waals surface area contributed by atoms with Crippen molar-refractivity contribution < 1.29 is 41.3 Å². The summed E-state index contributed by atoms with van der Waals surface area (Å²) in [5.41, 5.74) is 0.483. The first-order valence-corrected chi connectivity index (χ1v) is 10.4. The lowest BCUT2D eigenvalue weighted by Crippen LogP contribution is -2.27. The number of esters is 1. The van der Waals surface area contributed by atoms with Gasteiger partial charge < -0.3 is 18.9 Å². The minimum Gasteiger partial charge on any atom is -0.417 e. The molecule has 0 saturated carbocycles. The molecule has 5 nitrogen and oxygen atoms in total. The fraction of sp³-hybridized carbons (Fsp3) is 0.375. The van der Waals surface area contributed by atoms with Crippen LogP contribution in [-0.4, -0.2) is 25.5 Å². The second kappa shape index (κ2) is 11.2. The third-order valence-electron chi connectivity index (χ3n) is 4.76. The van der Waals surface area contributed by atoms with Crippen LogP contribution in [-0.2, 0) is 14.3 Å². The summed E-state index contributed by atoms with van der Waals surface area (Å²) in [7, 11) is 0. The molecule has 1 fully saturated rings. The number of rotatable bonds is 6. The molecule has 33 heavy (non-hydrogen) atoms. The van der Waals surface area contributed by atoms with Crippen molar-refractivity contribution in [3.8, 4) is 23.3 Å². The summed E-state index contributed by atoms with van der Waals surface area (Å²) in [5.74, 6) is 2.70. The second-order valence-electron chi connectivity index (χ2n) is 7.40. The van der Waals surface area contributed by atoms with Gasteiger partial charge in [-0.25, -0.2) is 9.18 Å². The van der Waals surface area contributed by atoms with Gasteiger partial charge in [-0.15, -0.1) is 13.2 Å². The Morgan fingerprint density at radius 1 is 1.09 bits per heavy atom. The maximum absolute atomic E-state index is 14.4. The van der Waals surface area contributed by atoms with Crippen LogP contribution in [0.1, 0.15) is 43.6 Å². The summed E-state index contributed by atoms with van der Waals surface area (Å²) < 4.78 is 71.0. The molecule has 9 heteroatoms. The van der Waals surface area contributed by atoms with E-state index in [0.29, 0.717) is 24.7 Å². The molecule has 0 aliphatic carbocycles. The molecule has 2 aromatic rings. The van der Waals surface area contributed by atoms with Crippen molar-refractivity contribution >= 4 is 5.97 Å². The van der Waals surface area contributed by atoms with E-state index in [0.717, 1.165) is 43.5 Å². The predicted octanol–water partition coefficient (Wildman–Crippen LogP) is 5.53. The Morgan fingerprint density at radius 3 is 2.36 bits per heavy atom. The van der Waals surface area contributed by atoms with Crippen molar-refractivity contribution in [1.82, 2.24) is 0 Å². The van der Waals surface area contributed by atoms with Crippen LogP contribution in [0.4, 0.5) is 17.6 Å². The van der Waals surface area contributed by atoms with Crippen molar-refractivity contribution in [3.63, 3.8) is 0 Å². The van der Waals surface area contributed by atoms with Gasteiger partial charge in [0.25, 0.3) is 0 Å². The van der Waals surface area contributed by atoms with E-state index in [-0.39, 0.29) is 11.3 Å². The van der Waals surface area contributed by atoms with E-state index in [9.17, 15) is 22.4 Å². The monoisotopic (exact) mass is 466 g/mol. The Labute approximate surface area is 188 Å². The van der Waals surface area contributed by atoms with Crippen molar-refractivity contribution in [1.29, 1.82) is 0 Å². The maximum Gasteiger partial charge on any atom is 0.573 e. The van der Waals surface area contributed by atoms with Crippen molar-refractivity contribution in [3.05, 3.63) is 59.4 Å². The zero-order chi connectivity index (χ0) is 23.8. The molecular formula is C24H22F4O5. The molecule has 0 radical (unpaired) electrons. The molecule has 176 valence electrons. The Bertz CT molecular complexity index is 1000. The SMILES string of the molecule is CCCCC1COC(c2ccc(C#CC(=O)Oc3ccc(OC(F)(F)F)cc3)c(F)c2)OC1. The first-order valence-electron chi connectivity index (χ1n) is 10.4. The van der Waals surface area contributed by atoms with Crippen LogP contribution in [0.3, 0.4) is 0 Å². The van der Waals surface area contributed by atoms with Gasteiger partial charge in [0.1, 0.15) is 17.3 Å². The predicted molar refractivity (Wildman–Crippen MR) is 110 cm³/mol. The summed E-state index contributed by atoms with van der Waals surface area (Å²) >= 11 is 0. The lowest BCUT2D eigenvalue weighted by molar-refractivity contribution is -0.274. The molecule has 0 bridgehead atoms. The summed E-state index contributed by atoms with van der Waals surface area (Å²) in [6.45, 7) is 3.21. The number of unbranched alkanes of at least 4 members (excludes halogenated alkanes) is 1. The smallest absolute Gasteiger partial charge is 0.417 e. The highest BCUT2D eigenvalue weighted by atomic mass is 19.4. The fourth-order valence-electron chi connectivity index (χ4n) is 3.13. The molecule has 1 aliphatic heterocycles. The van der Waals surface area contributed by atoms with Crippen molar-refractivity contribution in [2.45, 2.75) is 38.8 Å². The van der Waals surface area contributed by atoms with Crippen molar-refractivity contribution in [2.24, 2.45) is 5.92 Å². The Kier molecular flexibility index (Phi) is 8.31. The molecule has 1 saturated heterocycles.